The number of aryl methyl sites for hydroxylation is 2. The van der Waals surface area contributed by atoms with Gasteiger partial charge in [-0.25, -0.2) is 0 Å². The van der Waals surface area contributed by atoms with Gasteiger partial charge in [-0.2, -0.15) is 0 Å². The largest absolute Gasteiger partial charge is 0.494 e. The van der Waals surface area contributed by atoms with Crippen molar-refractivity contribution in [2.75, 3.05) is 13.2 Å². The molecule has 0 saturated carbocycles. The zero-order valence-electron chi connectivity index (χ0n) is 14.7. The number of benzene rings is 2. The molecule has 3 aromatic rings. The zero-order valence-corrected chi connectivity index (χ0v) is 14.7. The van der Waals surface area contributed by atoms with Crippen molar-refractivity contribution >= 4 is 10.9 Å². The predicted octanol–water partition coefficient (Wildman–Crippen LogP) is 4.47. The van der Waals surface area contributed by atoms with Gasteiger partial charge in [0.15, 0.2) is 0 Å². The lowest BCUT2D eigenvalue weighted by atomic mass is 9.88. The highest BCUT2D eigenvalue weighted by Crippen LogP contribution is 2.30. The van der Waals surface area contributed by atoms with Crippen LogP contribution < -0.4 is 10.5 Å². The second-order valence-corrected chi connectivity index (χ2v) is 6.36. The third-order valence-electron chi connectivity index (χ3n) is 4.75. The highest BCUT2D eigenvalue weighted by atomic mass is 16.5. The first kappa shape index (κ1) is 16.6. The van der Waals surface area contributed by atoms with E-state index in [-0.39, 0.29) is 0 Å². The van der Waals surface area contributed by atoms with Crippen LogP contribution in [0, 0.1) is 13.8 Å². The SMILES string of the molecule is CCOc1ccc(C(CN)Cc2c(C)[nH]c3ccccc23)c(C)c1. The Bertz CT molecular complexity index is 835. The number of para-hydroxylation sites is 1. The molecular weight excluding hydrogens is 296 g/mol. The molecule has 1 unspecified atom stereocenters. The zero-order chi connectivity index (χ0) is 17.1. The van der Waals surface area contributed by atoms with E-state index >= 15 is 0 Å². The van der Waals surface area contributed by atoms with Crippen molar-refractivity contribution in [1.29, 1.82) is 0 Å². The Balaban J connectivity index is 1.93. The number of H-pyrrole nitrogens is 1. The number of aromatic amines is 1. The molecule has 0 aliphatic rings. The third kappa shape index (κ3) is 3.17. The summed E-state index contributed by atoms with van der Waals surface area (Å²) in [6.07, 6.45) is 0.946. The van der Waals surface area contributed by atoms with Crippen LogP contribution in [0.3, 0.4) is 0 Å². The van der Waals surface area contributed by atoms with E-state index in [0.717, 1.165) is 12.2 Å². The molecular formula is C21H26N2O. The number of rotatable bonds is 6. The number of fused-ring (bicyclic) bond motifs is 1. The summed E-state index contributed by atoms with van der Waals surface area (Å²) in [7, 11) is 0. The topological polar surface area (TPSA) is 51.0 Å². The van der Waals surface area contributed by atoms with Crippen LogP contribution in [0.15, 0.2) is 42.5 Å². The molecule has 1 aromatic heterocycles. The Morgan fingerprint density at radius 2 is 1.92 bits per heavy atom. The fourth-order valence-corrected chi connectivity index (χ4v) is 3.53. The summed E-state index contributed by atoms with van der Waals surface area (Å²) in [6.45, 7) is 7.61. The maximum Gasteiger partial charge on any atom is 0.119 e. The number of hydrogen-bond acceptors (Lipinski definition) is 2. The van der Waals surface area contributed by atoms with Crippen LogP contribution in [0.4, 0.5) is 0 Å². The lowest BCUT2D eigenvalue weighted by Gasteiger charge is -2.19. The molecule has 0 amide bonds. The Labute approximate surface area is 143 Å². The van der Waals surface area contributed by atoms with Crippen LogP contribution in [0.5, 0.6) is 5.75 Å². The monoisotopic (exact) mass is 322 g/mol. The van der Waals surface area contributed by atoms with Gasteiger partial charge >= 0.3 is 0 Å². The quantitative estimate of drug-likeness (QED) is 0.703. The van der Waals surface area contributed by atoms with Crippen LogP contribution in [0.25, 0.3) is 10.9 Å². The van der Waals surface area contributed by atoms with E-state index in [1.165, 1.54) is 33.3 Å². The maximum absolute atomic E-state index is 6.14. The average molecular weight is 322 g/mol. The number of nitrogens with one attached hydrogen (secondary N) is 1. The van der Waals surface area contributed by atoms with Crippen molar-refractivity contribution in [3.8, 4) is 5.75 Å². The molecule has 0 fully saturated rings. The second-order valence-electron chi connectivity index (χ2n) is 6.36. The highest BCUT2D eigenvalue weighted by Gasteiger charge is 2.17. The molecule has 3 N–H and O–H groups in total. The van der Waals surface area contributed by atoms with Crippen LogP contribution in [0.2, 0.25) is 0 Å². The normalized spacial score (nSPS) is 12.5. The van der Waals surface area contributed by atoms with E-state index < -0.39 is 0 Å². The van der Waals surface area contributed by atoms with E-state index in [1.54, 1.807) is 0 Å². The Hall–Kier alpha value is -2.26. The van der Waals surface area contributed by atoms with E-state index in [0.29, 0.717) is 19.1 Å². The van der Waals surface area contributed by atoms with Gasteiger partial charge in [-0.3, -0.25) is 0 Å². The summed E-state index contributed by atoms with van der Waals surface area (Å²) >= 11 is 0. The first-order valence-corrected chi connectivity index (χ1v) is 8.63. The molecule has 2 aromatic carbocycles. The molecule has 3 rings (SSSR count). The van der Waals surface area contributed by atoms with Crippen LogP contribution >= 0.6 is 0 Å². The minimum atomic E-state index is 0.304. The minimum Gasteiger partial charge on any atom is -0.494 e. The molecule has 0 spiro atoms. The van der Waals surface area contributed by atoms with Gasteiger partial charge in [0, 0.05) is 22.5 Å². The fraction of sp³-hybridized carbons (Fsp3) is 0.333. The fourth-order valence-electron chi connectivity index (χ4n) is 3.53. The number of ether oxygens (including phenoxy) is 1. The van der Waals surface area contributed by atoms with Crippen molar-refractivity contribution in [2.45, 2.75) is 33.1 Å². The van der Waals surface area contributed by atoms with Gasteiger partial charge < -0.3 is 15.5 Å². The molecule has 0 aliphatic carbocycles. The third-order valence-corrected chi connectivity index (χ3v) is 4.75. The summed E-state index contributed by atoms with van der Waals surface area (Å²) in [5.41, 5.74) is 12.5. The summed E-state index contributed by atoms with van der Waals surface area (Å²) in [5, 5.41) is 1.30. The van der Waals surface area contributed by atoms with E-state index in [1.807, 2.05) is 6.92 Å². The smallest absolute Gasteiger partial charge is 0.119 e. The lowest BCUT2D eigenvalue weighted by Crippen LogP contribution is -2.16. The van der Waals surface area contributed by atoms with Crippen molar-refractivity contribution < 1.29 is 4.74 Å². The Kier molecular flexibility index (Phi) is 4.91. The molecule has 0 radical (unpaired) electrons. The summed E-state index contributed by atoms with van der Waals surface area (Å²) in [4.78, 5) is 3.49. The van der Waals surface area contributed by atoms with Crippen LogP contribution in [-0.2, 0) is 6.42 Å². The van der Waals surface area contributed by atoms with Gasteiger partial charge in [0.05, 0.1) is 6.61 Å². The first-order chi connectivity index (χ1) is 11.6. The molecule has 3 nitrogen and oxygen atoms in total. The first-order valence-electron chi connectivity index (χ1n) is 8.63. The summed E-state index contributed by atoms with van der Waals surface area (Å²) < 4.78 is 5.60. The predicted molar refractivity (Wildman–Crippen MR) is 101 cm³/mol. The highest BCUT2D eigenvalue weighted by molar-refractivity contribution is 5.84. The summed E-state index contributed by atoms with van der Waals surface area (Å²) in [6, 6.07) is 14.8. The molecule has 0 bridgehead atoms. The molecule has 3 heteroatoms. The maximum atomic E-state index is 6.14. The van der Waals surface area contributed by atoms with Gasteiger partial charge in [0.1, 0.15) is 5.75 Å². The van der Waals surface area contributed by atoms with E-state index in [2.05, 4.69) is 61.3 Å². The lowest BCUT2D eigenvalue weighted by molar-refractivity contribution is 0.340. The van der Waals surface area contributed by atoms with Crippen molar-refractivity contribution in [1.82, 2.24) is 4.98 Å². The van der Waals surface area contributed by atoms with Gasteiger partial charge in [-0.05, 0) is 68.6 Å². The van der Waals surface area contributed by atoms with E-state index in [9.17, 15) is 0 Å². The minimum absolute atomic E-state index is 0.304. The number of hydrogen-bond donors (Lipinski definition) is 2. The van der Waals surface area contributed by atoms with Crippen molar-refractivity contribution in [2.24, 2.45) is 5.73 Å². The van der Waals surface area contributed by atoms with Crippen LogP contribution in [-0.4, -0.2) is 18.1 Å². The second kappa shape index (κ2) is 7.10. The van der Waals surface area contributed by atoms with E-state index in [4.69, 9.17) is 10.5 Å². The Morgan fingerprint density at radius 1 is 1.12 bits per heavy atom. The molecule has 1 atom stereocenters. The molecule has 0 aliphatic heterocycles. The average Bonchev–Trinajstić information content (AvgIpc) is 2.89. The Morgan fingerprint density at radius 3 is 2.62 bits per heavy atom. The van der Waals surface area contributed by atoms with Gasteiger partial charge in [0.2, 0.25) is 0 Å². The molecule has 1 heterocycles. The van der Waals surface area contributed by atoms with Crippen LogP contribution in [0.1, 0.15) is 35.2 Å². The molecule has 126 valence electrons. The van der Waals surface area contributed by atoms with Crippen molar-refractivity contribution in [3.63, 3.8) is 0 Å². The standard InChI is InChI=1S/C21H26N2O/c1-4-24-17-9-10-18(14(2)11-17)16(13-22)12-20-15(3)23-21-8-6-5-7-19(20)21/h5-11,16,23H,4,12-13,22H2,1-3H3. The van der Waals surface area contributed by atoms with Gasteiger partial charge in [-0.1, -0.05) is 24.3 Å². The number of aromatic nitrogens is 1. The summed E-state index contributed by atoms with van der Waals surface area (Å²) in [5.74, 6) is 1.23. The molecule has 0 saturated heterocycles. The van der Waals surface area contributed by atoms with Gasteiger partial charge in [-0.15, -0.1) is 0 Å². The van der Waals surface area contributed by atoms with Crippen molar-refractivity contribution in [3.05, 3.63) is 64.8 Å². The van der Waals surface area contributed by atoms with Gasteiger partial charge in [0.25, 0.3) is 0 Å². The number of nitrogens with two attached hydrogens (primary N) is 1. The molecule has 24 heavy (non-hydrogen) atoms.